The molecule has 2 bridgehead atoms. The molecule has 5 nitrogen and oxygen atoms in total. The molecule has 0 radical (unpaired) electrons. The van der Waals surface area contributed by atoms with Gasteiger partial charge in [-0.25, -0.2) is 8.42 Å². The Bertz CT molecular complexity index is 624. The van der Waals surface area contributed by atoms with Crippen LogP contribution in [-0.2, 0) is 14.8 Å². The quantitative estimate of drug-likeness (QED) is 0.812. The molecule has 2 unspecified atom stereocenters. The van der Waals surface area contributed by atoms with E-state index in [0.29, 0.717) is 13.1 Å². The van der Waals surface area contributed by atoms with Crippen molar-refractivity contribution in [3.63, 3.8) is 0 Å². The Labute approximate surface area is 112 Å². The van der Waals surface area contributed by atoms with Crippen LogP contribution in [0.1, 0.15) is 18.4 Å². The van der Waals surface area contributed by atoms with E-state index in [2.05, 4.69) is 0 Å². The molecule has 0 saturated carbocycles. The summed E-state index contributed by atoms with van der Waals surface area (Å²) in [6.45, 7) is 0.775. The van der Waals surface area contributed by atoms with Gasteiger partial charge in [-0.05, 0) is 25.0 Å². The van der Waals surface area contributed by atoms with E-state index in [-0.39, 0.29) is 22.7 Å². The van der Waals surface area contributed by atoms with Crippen molar-refractivity contribution in [1.29, 1.82) is 5.26 Å². The number of hydrogen-bond donors (Lipinski definition) is 0. The highest BCUT2D eigenvalue weighted by Crippen LogP contribution is 2.30. The fourth-order valence-corrected chi connectivity index (χ4v) is 4.34. The van der Waals surface area contributed by atoms with Crippen LogP contribution in [0.15, 0.2) is 29.2 Å². The minimum atomic E-state index is -3.60. The fraction of sp³-hybridized carbons (Fsp3) is 0.462. The maximum Gasteiger partial charge on any atom is 0.244 e. The summed E-state index contributed by atoms with van der Waals surface area (Å²) in [6.07, 6.45) is 1.83. The molecule has 3 rings (SSSR count). The third-order valence-electron chi connectivity index (χ3n) is 3.64. The zero-order valence-electron chi connectivity index (χ0n) is 10.3. The second-order valence-electron chi connectivity index (χ2n) is 4.89. The Morgan fingerprint density at radius 1 is 1.21 bits per heavy atom. The first-order chi connectivity index (χ1) is 9.11. The second-order valence-corrected chi connectivity index (χ2v) is 6.79. The Morgan fingerprint density at radius 2 is 1.84 bits per heavy atom. The van der Waals surface area contributed by atoms with Gasteiger partial charge in [0.1, 0.15) is 6.07 Å². The summed E-state index contributed by atoms with van der Waals surface area (Å²) in [6, 6.07) is 8.27. The zero-order valence-corrected chi connectivity index (χ0v) is 11.1. The average molecular weight is 278 g/mol. The number of benzene rings is 1. The minimum Gasteiger partial charge on any atom is -0.372 e. The molecule has 0 amide bonds. The molecular formula is C13H14N2O3S. The van der Waals surface area contributed by atoms with Crippen molar-refractivity contribution in [2.75, 3.05) is 13.1 Å². The maximum absolute atomic E-state index is 12.6. The lowest BCUT2D eigenvalue weighted by atomic mass is 10.2. The molecular weight excluding hydrogens is 264 g/mol. The van der Waals surface area contributed by atoms with Crippen LogP contribution in [0.5, 0.6) is 0 Å². The molecule has 1 aromatic carbocycles. The van der Waals surface area contributed by atoms with E-state index in [1.54, 1.807) is 12.1 Å². The predicted molar refractivity (Wildman–Crippen MR) is 67.8 cm³/mol. The van der Waals surface area contributed by atoms with E-state index in [0.717, 1.165) is 12.8 Å². The molecule has 2 saturated heterocycles. The number of sulfonamides is 1. The van der Waals surface area contributed by atoms with Gasteiger partial charge in [0.05, 0.1) is 22.7 Å². The third kappa shape index (κ3) is 2.14. The average Bonchev–Trinajstić information content (AvgIpc) is 2.77. The second kappa shape index (κ2) is 4.60. The summed E-state index contributed by atoms with van der Waals surface area (Å²) in [5, 5.41) is 9.04. The molecule has 0 aliphatic carbocycles. The molecule has 19 heavy (non-hydrogen) atoms. The van der Waals surface area contributed by atoms with Crippen LogP contribution in [0.3, 0.4) is 0 Å². The molecule has 2 fully saturated rings. The van der Waals surface area contributed by atoms with Crippen LogP contribution in [0.25, 0.3) is 0 Å². The van der Waals surface area contributed by atoms with Gasteiger partial charge in [0.2, 0.25) is 10.0 Å². The molecule has 1 aromatic rings. The summed E-state index contributed by atoms with van der Waals surface area (Å²) < 4.78 is 32.3. The zero-order chi connectivity index (χ0) is 13.5. The van der Waals surface area contributed by atoms with Crippen LogP contribution < -0.4 is 0 Å². The first-order valence-corrected chi connectivity index (χ1v) is 7.70. The minimum absolute atomic E-state index is 0.00257. The van der Waals surface area contributed by atoms with Crippen molar-refractivity contribution >= 4 is 10.0 Å². The molecule has 2 atom stereocenters. The van der Waals surface area contributed by atoms with Crippen LogP contribution in [0.2, 0.25) is 0 Å². The van der Waals surface area contributed by atoms with Gasteiger partial charge in [-0.1, -0.05) is 12.1 Å². The van der Waals surface area contributed by atoms with Crippen LogP contribution >= 0.6 is 0 Å². The lowest BCUT2D eigenvalue weighted by molar-refractivity contribution is -0.0114. The highest BCUT2D eigenvalue weighted by Gasteiger charge is 2.39. The number of morpholine rings is 1. The Hall–Kier alpha value is -1.42. The van der Waals surface area contributed by atoms with Gasteiger partial charge in [0, 0.05) is 13.1 Å². The van der Waals surface area contributed by atoms with Crippen LogP contribution in [0.4, 0.5) is 0 Å². The van der Waals surface area contributed by atoms with Gasteiger partial charge in [-0.2, -0.15) is 9.57 Å². The molecule has 0 N–H and O–H groups in total. The van der Waals surface area contributed by atoms with E-state index < -0.39 is 10.0 Å². The van der Waals surface area contributed by atoms with E-state index in [9.17, 15) is 8.42 Å². The number of ether oxygens (including phenoxy) is 1. The third-order valence-corrected chi connectivity index (χ3v) is 5.53. The number of nitriles is 1. The molecule has 2 aliphatic rings. The largest absolute Gasteiger partial charge is 0.372 e. The summed E-state index contributed by atoms with van der Waals surface area (Å²) in [4.78, 5) is 0.0961. The van der Waals surface area contributed by atoms with Gasteiger partial charge in [0.25, 0.3) is 0 Å². The van der Waals surface area contributed by atoms with E-state index in [4.69, 9.17) is 10.00 Å². The molecule has 2 aliphatic heterocycles. The number of fused-ring (bicyclic) bond motifs is 2. The summed E-state index contributed by atoms with van der Waals surface area (Å²) >= 11 is 0. The molecule has 0 aromatic heterocycles. The monoisotopic (exact) mass is 278 g/mol. The Morgan fingerprint density at radius 3 is 2.47 bits per heavy atom. The highest BCUT2D eigenvalue weighted by molar-refractivity contribution is 7.89. The Balaban J connectivity index is 1.97. The van der Waals surface area contributed by atoms with Gasteiger partial charge < -0.3 is 4.74 Å². The van der Waals surface area contributed by atoms with Crippen LogP contribution in [-0.4, -0.2) is 38.0 Å². The fourth-order valence-electron chi connectivity index (χ4n) is 2.70. The van der Waals surface area contributed by atoms with Crippen molar-refractivity contribution < 1.29 is 13.2 Å². The highest BCUT2D eigenvalue weighted by atomic mass is 32.2. The summed E-state index contributed by atoms with van der Waals surface area (Å²) in [5.41, 5.74) is 0.196. The van der Waals surface area contributed by atoms with Crippen molar-refractivity contribution in [2.24, 2.45) is 0 Å². The number of hydrogen-bond acceptors (Lipinski definition) is 4. The van der Waals surface area contributed by atoms with Gasteiger partial charge in [-0.15, -0.1) is 0 Å². The normalized spacial score (nSPS) is 27.1. The van der Waals surface area contributed by atoms with Crippen LogP contribution in [0, 0.1) is 11.3 Å². The predicted octanol–water partition coefficient (Wildman–Crippen LogP) is 1.11. The maximum atomic E-state index is 12.6. The first kappa shape index (κ1) is 12.6. The SMILES string of the molecule is N#Cc1ccccc1S(=O)(=O)N1CC2CCC(C1)O2. The molecule has 6 heteroatoms. The molecule has 2 heterocycles. The van der Waals surface area contributed by atoms with E-state index >= 15 is 0 Å². The smallest absolute Gasteiger partial charge is 0.244 e. The number of nitrogens with zero attached hydrogens (tertiary/aromatic N) is 2. The van der Waals surface area contributed by atoms with E-state index in [1.165, 1.54) is 16.4 Å². The lowest BCUT2D eigenvalue weighted by Gasteiger charge is -2.31. The summed E-state index contributed by atoms with van der Waals surface area (Å²) in [7, 11) is -3.60. The standard InChI is InChI=1S/C13H14N2O3S/c14-7-10-3-1-2-4-13(10)19(16,17)15-8-11-5-6-12(9-15)18-11/h1-4,11-12H,5-6,8-9H2. The number of rotatable bonds is 2. The van der Waals surface area contributed by atoms with Gasteiger partial charge in [-0.3, -0.25) is 0 Å². The van der Waals surface area contributed by atoms with Gasteiger partial charge in [0.15, 0.2) is 0 Å². The van der Waals surface area contributed by atoms with Crippen molar-refractivity contribution in [3.05, 3.63) is 29.8 Å². The lowest BCUT2D eigenvalue weighted by Crippen LogP contribution is -2.45. The van der Waals surface area contributed by atoms with Crippen molar-refractivity contribution in [3.8, 4) is 6.07 Å². The van der Waals surface area contributed by atoms with E-state index in [1.807, 2.05) is 6.07 Å². The van der Waals surface area contributed by atoms with Crippen molar-refractivity contribution in [2.45, 2.75) is 29.9 Å². The molecule has 100 valence electrons. The molecule has 0 spiro atoms. The topological polar surface area (TPSA) is 70.4 Å². The van der Waals surface area contributed by atoms with Crippen molar-refractivity contribution in [1.82, 2.24) is 4.31 Å². The Kier molecular flexibility index (Phi) is 3.05. The van der Waals surface area contributed by atoms with Gasteiger partial charge >= 0.3 is 0 Å². The summed E-state index contributed by atoms with van der Waals surface area (Å²) in [5.74, 6) is 0. The first-order valence-electron chi connectivity index (χ1n) is 6.26.